The largest absolute Gasteiger partial charge is 0.343 e. The van der Waals surface area contributed by atoms with Gasteiger partial charge in [0.1, 0.15) is 0 Å². The van der Waals surface area contributed by atoms with Crippen molar-refractivity contribution in [3.63, 3.8) is 0 Å². The van der Waals surface area contributed by atoms with Crippen molar-refractivity contribution in [1.29, 1.82) is 0 Å². The van der Waals surface area contributed by atoms with Crippen LogP contribution in [0.1, 0.15) is 33.1 Å². The van der Waals surface area contributed by atoms with Crippen LogP contribution in [0, 0.1) is 0 Å². The molecule has 0 fully saturated rings. The molecule has 0 aliphatic rings. The Bertz CT molecular complexity index is 157. The molecule has 0 aromatic rings. The molecule has 0 aromatic carbocycles. The van der Waals surface area contributed by atoms with Crippen LogP contribution in [0.3, 0.4) is 0 Å². The van der Waals surface area contributed by atoms with Gasteiger partial charge in [-0.1, -0.05) is 6.92 Å². The third kappa shape index (κ3) is 5.97. The van der Waals surface area contributed by atoms with Crippen LogP contribution in [0.15, 0.2) is 0 Å². The summed E-state index contributed by atoms with van der Waals surface area (Å²) in [7, 11) is 4.12. The molecule has 0 saturated carbocycles. The third-order valence-electron chi connectivity index (χ3n) is 2.23. The molecule has 0 unspecified atom stereocenters. The topological polar surface area (TPSA) is 23.6 Å². The van der Waals surface area contributed by atoms with Gasteiger partial charge in [-0.25, -0.2) is 0 Å². The molecule has 0 radical (unpaired) electrons. The Hall–Kier alpha value is -0.570. The summed E-state index contributed by atoms with van der Waals surface area (Å²) in [6, 6.07) is 0. The van der Waals surface area contributed by atoms with Gasteiger partial charge >= 0.3 is 0 Å². The van der Waals surface area contributed by atoms with Gasteiger partial charge in [0.15, 0.2) is 0 Å². The molecule has 0 aromatic heterocycles. The Kier molecular flexibility index (Phi) is 7.48. The van der Waals surface area contributed by atoms with E-state index in [2.05, 4.69) is 19.0 Å². The lowest BCUT2D eigenvalue weighted by atomic mass is 10.2. The van der Waals surface area contributed by atoms with Gasteiger partial charge < -0.3 is 9.80 Å². The summed E-state index contributed by atoms with van der Waals surface area (Å²) in [5, 5.41) is 0. The fraction of sp³-hybridized carbons (Fsp3) is 0.909. The van der Waals surface area contributed by atoms with E-state index in [-0.39, 0.29) is 0 Å². The van der Waals surface area contributed by atoms with Crippen LogP contribution in [-0.2, 0) is 4.79 Å². The third-order valence-corrected chi connectivity index (χ3v) is 2.23. The summed E-state index contributed by atoms with van der Waals surface area (Å²) in [6.45, 7) is 6.88. The first-order valence-corrected chi connectivity index (χ1v) is 5.54. The molecule has 3 nitrogen and oxygen atoms in total. The first-order chi connectivity index (χ1) is 6.61. The molecule has 0 spiro atoms. The zero-order valence-electron chi connectivity index (χ0n) is 10.0. The standard InChI is InChI=1S/C11H24N2O/c1-5-8-11(14)13(6-2)10-7-9-12(3)4/h5-10H2,1-4H3. The van der Waals surface area contributed by atoms with E-state index in [1.54, 1.807) is 0 Å². The van der Waals surface area contributed by atoms with Crippen LogP contribution in [0.25, 0.3) is 0 Å². The van der Waals surface area contributed by atoms with Crippen molar-refractivity contribution in [2.24, 2.45) is 0 Å². The van der Waals surface area contributed by atoms with Crippen LogP contribution in [0.5, 0.6) is 0 Å². The minimum atomic E-state index is 0.300. The van der Waals surface area contributed by atoms with E-state index in [0.717, 1.165) is 32.5 Å². The molecule has 14 heavy (non-hydrogen) atoms. The predicted molar refractivity (Wildman–Crippen MR) is 60.3 cm³/mol. The first kappa shape index (κ1) is 13.4. The summed E-state index contributed by atoms with van der Waals surface area (Å²) in [6.07, 6.45) is 2.70. The molecule has 0 rings (SSSR count). The minimum absolute atomic E-state index is 0.300. The number of amides is 1. The van der Waals surface area contributed by atoms with Gasteiger partial charge in [0, 0.05) is 19.5 Å². The highest BCUT2D eigenvalue weighted by Crippen LogP contribution is 1.99. The monoisotopic (exact) mass is 200 g/mol. The number of hydrogen-bond donors (Lipinski definition) is 0. The number of rotatable bonds is 7. The van der Waals surface area contributed by atoms with Crippen molar-refractivity contribution in [3.05, 3.63) is 0 Å². The lowest BCUT2D eigenvalue weighted by Crippen LogP contribution is -2.32. The van der Waals surface area contributed by atoms with E-state index in [1.807, 2.05) is 18.7 Å². The minimum Gasteiger partial charge on any atom is -0.343 e. The molecule has 0 N–H and O–H groups in total. The number of nitrogens with zero attached hydrogens (tertiary/aromatic N) is 2. The van der Waals surface area contributed by atoms with E-state index >= 15 is 0 Å². The molecule has 0 aliphatic carbocycles. The maximum absolute atomic E-state index is 11.6. The summed E-state index contributed by atoms with van der Waals surface area (Å²) >= 11 is 0. The second-order valence-corrected chi connectivity index (χ2v) is 3.88. The van der Waals surface area contributed by atoms with Gasteiger partial charge in [0.2, 0.25) is 5.91 Å². The first-order valence-electron chi connectivity index (χ1n) is 5.54. The molecule has 0 aliphatic heterocycles. The summed E-state index contributed by atoms with van der Waals surface area (Å²) in [4.78, 5) is 15.7. The highest BCUT2D eigenvalue weighted by atomic mass is 16.2. The highest BCUT2D eigenvalue weighted by molar-refractivity contribution is 5.75. The normalized spacial score (nSPS) is 10.6. The average Bonchev–Trinajstić information content (AvgIpc) is 2.12. The quantitative estimate of drug-likeness (QED) is 0.623. The van der Waals surface area contributed by atoms with E-state index in [1.165, 1.54) is 0 Å². The van der Waals surface area contributed by atoms with Crippen LogP contribution >= 0.6 is 0 Å². The van der Waals surface area contributed by atoms with Gasteiger partial charge in [-0.15, -0.1) is 0 Å². The zero-order chi connectivity index (χ0) is 11.0. The van der Waals surface area contributed by atoms with Crippen molar-refractivity contribution in [2.75, 3.05) is 33.7 Å². The number of hydrogen-bond acceptors (Lipinski definition) is 2. The van der Waals surface area contributed by atoms with Crippen molar-refractivity contribution >= 4 is 5.91 Å². The molecule has 84 valence electrons. The zero-order valence-corrected chi connectivity index (χ0v) is 10.0. The molecular formula is C11H24N2O. The Morgan fingerprint density at radius 2 is 1.79 bits per heavy atom. The van der Waals surface area contributed by atoms with Gasteiger partial charge in [-0.05, 0) is 40.4 Å². The molecule has 0 saturated heterocycles. The summed E-state index contributed by atoms with van der Waals surface area (Å²) in [5.74, 6) is 0.300. The average molecular weight is 200 g/mol. The highest BCUT2D eigenvalue weighted by Gasteiger charge is 2.09. The Morgan fingerprint density at radius 1 is 1.14 bits per heavy atom. The smallest absolute Gasteiger partial charge is 0.222 e. The summed E-state index contributed by atoms with van der Waals surface area (Å²) in [5.41, 5.74) is 0. The van der Waals surface area contributed by atoms with Crippen LogP contribution < -0.4 is 0 Å². The fourth-order valence-corrected chi connectivity index (χ4v) is 1.41. The second kappa shape index (κ2) is 7.80. The van der Waals surface area contributed by atoms with E-state index in [4.69, 9.17) is 0 Å². The van der Waals surface area contributed by atoms with Crippen LogP contribution in [-0.4, -0.2) is 49.4 Å². The maximum atomic E-state index is 11.6. The fourth-order valence-electron chi connectivity index (χ4n) is 1.41. The lowest BCUT2D eigenvalue weighted by molar-refractivity contribution is -0.131. The number of carbonyl (C=O) groups excluding carboxylic acids is 1. The van der Waals surface area contributed by atoms with Crippen molar-refractivity contribution in [2.45, 2.75) is 33.1 Å². The molecular weight excluding hydrogens is 176 g/mol. The van der Waals surface area contributed by atoms with E-state index in [9.17, 15) is 4.79 Å². The predicted octanol–water partition coefficient (Wildman–Crippen LogP) is 1.59. The lowest BCUT2D eigenvalue weighted by Gasteiger charge is -2.21. The molecule has 0 heterocycles. The van der Waals surface area contributed by atoms with Gasteiger partial charge in [0.05, 0.1) is 0 Å². The molecule has 0 bridgehead atoms. The van der Waals surface area contributed by atoms with Crippen LogP contribution in [0.4, 0.5) is 0 Å². The molecule has 1 amide bonds. The van der Waals surface area contributed by atoms with E-state index < -0.39 is 0 Å². The van der Waals surface area contributed by atoms with Crippen molar-refractivity contribution in [1.82, 2.24) is 9.80 Å². The molecule has 3 heteroatoms. The second-order valence-electron chi connectivity index (χ2n) is 3.88. The maximum Gasteiger partial charge on any atom is 0.222 e. The Morgan fingerprint density at radius 3 is 2.21 bits per heavy atom. The van der Waals surface area contributed by atoms with Gasteiger partial charge in [-0.2, -0.15) is 0 Å². The van der Waals surface area contributed by atoms with Gasteiger partial charge in [-0.3, -0.25) is 4.79 Å². The molecule has 0 atom stereocenters. The Labute approximate surface area is 88.1 Å². The SMILES string of the molecule is CCCC(=O)N(CC)CCCN(C)C. The van der Waals surface area contributed by atoms with E-state index in [0.29, 0.717) is 12.3 Å². The van der Waals surface area contributed by atoms with Crippen molar-refractivity contribution in [3.8, 4) is 0 Å². The number of carbonyl (C=O) groups is 1. The van der Waals surface area contributed by atoms with Crippen molar-refractivity contribution < 1.29 is 4.79 Å². The van der Waals surface area contributed by atoms with Crippen LogP contribution in [0.2, 0.25) is 0 Å². The summed E-state index contributed by atoms with van der Waals surface area (Å²) < 4.78 is 0. The van der Waals surface area contributed by atoms with Gasteiger partial charge in [0.25, 0.3) is 0 Å². The Balaban J connectivity index is 3.73.